The van der Waals surface area contributed by atoms with E-state index in [4.69, 9.17) is 10.2 Å². The molecule has 0 aromatic rings. The van der Waals surface area contributed by atoms with Crippen LogP contribution in [0.3, 0.4) is 0 Å². The highest BCUT2D eigenvalue weighted by atomic mass is 16.4. The van der Waals surface area contributed by atoms with Crippen LogP contribution in [-0.2, 0) is 4.79 Å². The zero-order chi connectivity index (χ0) is 16.1. The number of aliphatic hydroxyl groups is 3. The summed E-state index contributed by atoms with van der Waals surface area (Å²) in [4.78, 5) is 10.3. The fourth-order valence-corrected chi connectivity index (χ4v) is 2.33. The van der Waals surface area contributed by atoms with Crippen molar-refractivity contribution in [1.82, 2.24) is 0 Å². The molecule has 0 saturated heterocycles. The van der Waals surface area contributed by atoms with E-state index < -0.39 is 12.1 Å². The largest absolute Gasteiger partial charge is 0.481 e. The maximum atomic E-state index is 10.3. The lowest BCUT2D eigenvalue weighted by Gasteiger charge is -2.14. The standard InChI is InChI=1S/C16H32O5/c1-13(17)7-5-6-9-15(19)12-11-14(18)8-3-2-4-10-16(20)21/h13-15,17-19H,2-12H2,1H3,(H,20,21). The summed E-state index contributed by atoms with van der Waals surface area (Å²) in [6, 6.07) is 0. The number of unbranched alkanes of at least 4 members (excludes halogenated alkanes) is 3. The van der Waals surface area contributed by atoms with Crippen molar-refractivity contribution in [3.8, 4) is 0 Å². The first-order chi connectivity index (χ1) is 9.91. The van der Waals surface area contributed by atoms with Crippen LogP contribution in [0.4, 0.5) is 0 Å². The Morgan fingerprint density at radius 1 is 0.762 bits per heavy atom. The molecule has 0 fully saturated rings. The minimum atomic E-state index is -0.769. The van der Waals surface area contributed by atoms with Crippen LogP contribution < -0.4 is 0 Å². The number of carboxylic acids is 1. The van der Waals surface area contributed by atoms with Gasteiger partial charge >= 0.3 is 5.97 Å². The second kappa shape index (κ2) is 13.0. The van der Waals surface area contributed by atoms with Gasteiger partial charge in [0.25, 0.3) is 0 Å². The van der Waals surface area contributed by atoms with Crippen LogP contribution in [0.15, 0.2) is 0 Å². The van der Waals surface area contributed by atoms with Crippen LogP contribution >= 0.6 is 0 Å². The van der Waals surface area contributed by atoms with Gasteiger partial charge in [-0.2, -0.15) is 0 Å². The van der Waals surface area contributed by atoms with Gasteiger partial charge in [0, 0.05) is 6.42 Å². The molecule has 0 radical (unpaired) electrons. The summed E-state index contributed by atoms with van der Waals surface area (Å²) in [6.07, 6.45) is 6.64. The summed E-state index contributed by atoms with van der Waals surface area (Å²) in [5.41, 5.74) is 0. The van der Waals surface area contributed by atoms with E-state index in [1.807, 2.05) is 0 Å². The van der Waals surface area contributed by atoms with Crippen LogP contribution in [0.25, 0.3) is 0 Å². The van der Waals surface area contributed by atoms with Crippen LogP contribution in [0, 0.1) is 0 Å². The second-order valence-electron chi connectivity index (χ2n) is 6.01. The highest BCUT2D eigenvalue weighted by molar-refractivity contribution is 5.66. The fraction of sp³-hybridized carbons (Fsp3) is 0.938. The summed E-state index contributed by atoms with van der Waals surface area (Å²) < 4.78 is 0. The molecule has 5 heteroatoms. The molecule has 21 heavy (non-hydrogen) atoms. The first-order valence-corrected chi connectivity index (χ1v) is 8.17. The van der Waals surface area contributed by atoms with Crippen molar-refractivity contribution in [2.24, 2.45) is 0 Å². The van der Waals surface area contributed by atoms with Gasteiger partial charge in [0.1, 0.15) is 0 Å². The molecular weight excluding hydrogens is 272 g/mol. The highest BCUT2D eigenvalue weighted by Crippen LogP contribution is 2.14. The molecule has 0 amide bonds. The summed E-state index contributed by atoms with van der Waals surface area (Å²) >= 11 is 0. The molecule has 5 nitrogen and oxygen atoms in total. The van der Waals surface area contributed by atoms with Crippen molar-refractivity contribution in [2.75, 3.05) is 0 Å². The summed E-state index contributed by atoms with van der Waals surface area (Å²) in [5.74, 6) is -0.769. The van der Waals surface area contributed by atoms with Crippen LogP contribution in [0.1, 0.15) is 77.6 Å². The van der Waals surface area contributed by atoms with Crippen molar-refractivity contribution < 1.29 is 25.2 Å². The van der Waals surface area contributed by atoms with Crippen molar-refractivity contribution in [1.29, 1.82) is 0 Å². The molecule has 0 bridgehead atoms. The van der Waals surface area contributed by atoms with Gasteiger partial charge in [0.15, 0.2) is 0 Å². The third kappa shape index (κ3) is 15.6. The van der Waals surface area contributed by atoms with Crippen LogP contribution in [0.2, 0.25) is 0 Å². The molecule has 0 saturated carbocycles. The topological polar surface area (TPSA) is 98.0 Å². The number of carboxylic acid groups (broad SMARTS) is 1. The molecule has 0 aliphatic carbocycles. The van der Waals surface area contributed by atoms with E-state index in [1.165, 1.54) is 0 Å². The van der Waals surface area contributed by atoms with E-state index in [0.29, 0.717) is 25.7 Å². The Morgan fingerprint density at radius 2 is 1.24 bits per heavy atom. The van der Waals surface area contributed by atoms with E-state index >= 15 is 0 Å². The summed E-state index contributed by atoms with van der Waals surface area (Å²) in [5, 5.41) is 37.2. The number of rotatable bonds is 14. The number of aliphatic hydroxyl groups excluding tert-OH is 3. The molecule has 0 aromatic carbocycles. The number of hydrogen-bond donors (Lipinski definition) is 4. The molecular formula is C16H32O5. The molecule has 126 valence electrons. The molecule has 0 aliphatic heterocycles. The van der Waals surface area contributed by atoms with Crippen LogP contribution in [0.5, 0.6) is 0 Å². The molecule has 0 aromatic heterocycles. The van der Waals surface area contributed by atoms with Gasteiger partial charge in [-0.3, -0.25) is 4.79 Å². The fourth-order valence-electron chi connectivity index (χ4n) is 2.33. The van der Waals surface area contributed by atoms with Gasteiger partial charge in [0.05, 0.1) is 18.3 Å². The summed E-state index contributed by atoms with van der Waals surface area (Å²) in [7, 11) is 0. The van der Waals surface area contributed by atoms with Gasteiger partial charge in [-0.05, 0) is 45.4 Å². The Morgan fingerprint density at radius 3 is 1.71 bits per heavy atom. The zero-order valence-electron chi connectivity index (χ0n) is 13.2. The monoisotopic (exact) mass is 304 g/mol. The lowest BCUT2D eigenvalue weighted by atomic mass is 10.0. The third-order valence-corrected chi connectivity index (χ3v) is 3.67. The van der Waals surface area contributed by atoms with Gasteiger partial charge < -0.3 is 20.4 Å². The van der Waals surface area contributed by atoms with E-state index in [-0.39, 0.29) is 18.6 Å². The summed E-state index contributed by atoms with van der Waals surface area (Å²) in [6.45, 7) is 1.77. The lowest BCUT2D eigenvalue weighted by molar-refractivity contribution is -0.137. The average Bonchev–Trinajstić information content (AvgIpc) is 2.40. The molecule has 0 spiro atoms. The SMILES string of the molecule is CC(O)CCCCC(O)CCC(O)CCCCCC(=O)O. The van der Waals surface area contributed by atoms with Crippen LogP contribution in [-0.4, -0.2) is 44.7 Å². The maximum Gasteiger partial charge on any atom is 0.303 e. The van der Waals surface area contributed by atoms with Gasteiger partial charge in [-0.1, -0.05) is 25.7 Å². The molecule has 0 rings (SSSR count). The quantitative estimate of drug-likeness (QED) is 0.370. The van der Waals surface area contributed by atoms with Crippen molar-refractivity contribution in [3.63, 3.8) is 0 Å². The predicted molar refractivity (Wildman–Crippen MR) is 82.1 cm³/mol. The minimum Gasteiger partial charge on any atom is -0.481 e. The van der Waals surface area contributed by atoms with Gasteiger partial charge in [-0.25, -0.2) is 0 Å². The first kappa shape index (κ1) is 20.3. The van der Waals surface area contributed by atoms with E-state index in [0.717, 1.165) is 38.5 Å². The number of aliphatic carboxylic acids is 1. The Kier molecular flexibility index (Phi) is 12.6. The van der Waals surface area contributed by atoms with Gasteiger partial charge in [-0.15, -0.1) is 0 Å². The smallest absolute Gasteiger partial charge is 0.303 e. The Labute approximate surface area is 128 Å². The first-order valence-electron chi connectivity index (χ1n) is 8.17. The lowest BCUT2D eigenvalue weighted by Crippen LogP contribution is -2.13. The molecule has 3 atom stereocenters. The molecule has 0 aliphatic rings. The third-order valence-electron chi connectivity index (χ3n) is 3.67. The van der Waals surface area contributed by atoms with Crippen molar-refractivity contribution in [2.45, 2.75) is 95.9 Å². The normalized spacial score (nSPS) is 15.6. The number of carbonyl (C=O) groups is 1. The Balaban J connectivity index is 3.41. The Bertz CT molecular complexity index is 255. The van der Waals surface area contributed by atoms with E-state index in [2.05, 4.69) is 0 Å². The Hall–Kier alpha value is -0.650. The second-order valence-corrected chi connectivity index (χ2v) is 6.01. The minimum absolute atomic E-state index is 0.196. The molecule has 4 N–H and O–H groups in total. The predicted octanol–water partition coefficient (Wildman–Crippen LogP) is 2.46. The zero-order valence-corrected chi connectivity index (χ0v) is 13.2. The maximum absolute atomic E-state index is 10.3. The van der Waals surface area contributed by atoms with Gasteiger partial charge in [0.2, 0.25) is 0 Å². The molecule has 3 unspecified atom stereocenters. The number of hydrogen-bond acceptors (Lipinski definition) is 4. The highest BCUT2D eigenvalue weighted by Gasteiger charge is 2.09. The van der Waals surface area contributed by atoms with E-state index in [1.54, 1.807) is 6.92 Å². The van der Waals surface area contributed by atoms with E-state index in [9.17, 15) is 15.0 Å². The average molecular weight is 304 g/mol. The van der Waals surface area contributed by atoms with Crippen molar-refractivity contribution in [3.05, 3.63) is 0 Å². The molecule has 0 heterocycles. The van der Waals surface area contributed by atoms with Crippen molar-refractivity contribution >= 4 is 5.97 Å².